The van der Waals surface area contributed by atoms with Gasteiger partial charge in [-0.3, -0.25) is 4.79 Å². The molecule has 0 heterocycles. The Morgan fingerprint density at radius 3 is 1.89 bits per heavy atom. The van der Waals surface area contributed by atoms with Crippen molar-refractivity contribution in [1.29, 1.82) is 0 Å². The molecule has 0 aliphatic carbocycles. The standard InChI is InChI=1S/C16H33NO2/c1-3-5-7-8-9-10-11-12-13-14-16(18)19-17-15-6-4-2/h17H,3-15H2,1-2H3. The molecule has 0 unspecified atom stereocenters. The Labute approximate surface area is 119 Å². The van der Waals surface area contributed by atoms with Gasteiger partial charge in [-0.2, -0.15) is 5.48 Å². The van der Waals surface area contributed by atoms with E-state index >= 15 is 0 Å². The van der Waals surface area contributed by atoms with Crippen LogP contribution in [0.15, 0.2) is 0 Å². The molecule has 0 atom stereocenters. The van der Waals surface area contributed by atoms with E-state index < -0.39 is 0 Å². The van der Waals surface area contributed by atoms with E-state index in [1.807, 2.05) is 0 Å². The summed E-state index contributed by atoms with van der Waals surface area (Å²) in [5, 5.41) is 0. The van der Waals surface area contributed by atoms with Gasteiger partial charge in [0.2, 0.25) is 0 Å². The van der Waals surface area contributed by atoms with Crippen molar-refractivity contribution in [1.82, 2.24) is 5.48 Å². The lowest BCUT2D eigenvalue weighted by Crippen LogP contribution is -2.20. The Balaban J connectivity index is 3.10. The van der Waals surface area contributed by atoms with Gasteiger partial charge in [0.1, 0.15) is 0 Å². The molecule has 0 aromatic heterocycles. The number of nitrogens with one attached hydrogen (secondary N) is 1. The highest BCUT2D eigenvalue weighted by Gasteiger charge is 2.02. The largest absolute Gasteiger partial charge is 0.371 e. The monoisotopic (exact) mass is 271 g/mol. The second kappa shape index (κ2) is 15.5. The van der Waals surface area contributed by atoms with Gasteiger partial charge in [0.05, 0.1) is 0 Å². The average Bonchev–Trinajstić information content (AvgIpc) is 2.42. The molecule has 0 amide bonds. The van der Waals surface area contributed by atoms with E-state index in [1.165, 1.54) is 44.9 Å². The smallest absolute Gasteiger partial charge is 0.324 e. The molecule has 0 fully saturated rings. The molecule has 19 heavy (non-hydrogen) atoms. The maximum atomic E-state index is 11.3. The number of hydrogen-bond acceptors (Lipinski definition) is 3. The van der Waals surface area contributed by atoms with E-state index in [4.69, 9.17) is 4.84 Å². The highest BCUT2D eigenvalue weighted by molar-refractivity contribution is 5.68. The van der Waals surface area contributed by atoms with Crippen LogP contribution in [0.4, 0.5) is 0 Å². The Morgan fingerprint density at radius 2 is 1.32 bits per heavy atom. The van der Waals surface area contributed by atoms with Crippen molar-refractivity contribution in [2.45, 2.75) is 90.9 Å². The number of carbonyl (C=O) groups is 1. The summed E-state index contributed by atoms with van der Waals surface area (Å²) in [6.07, 6.45) is 14.2. The quantitative estimate of drug-likeness (QED) is 0.366. The van der Waals surface area contributed by atoms with Crippen LogP contribution < -0.4 is 5.48 Å². The van der Waals surface area contributed by atoms with Crippen molar-refractivity contribution < 1.29 is 9.63 Å². The predicted octanol–water partition coefficient (Wildman–Crippen LogP) is 4.76. The van der Waals surface area contributed by atoms with Crippen LogP contribution in [-0.4, -0.2) is 12.5 Å². The molecule has 1 N–H and O–H groups in total. The van der Waals surface area contributed by atoms with Crippen LogP contribution in [-0.2, 0) is 9.63 Å². The van der Waals surface area contributed by atoms with E-state index in [2.05, 4.69) is 19.3 Å². The molecule has 0 rings (SSSR count). The summed E-state index contributed by atoms with van der Waals surface area (Å²) in [6, 6.07) is 0. The van der Waals surface area contributed by atoms with Gasteiger partial charge in [-0.25, -0.2) is 0 Å². The Kier molecular flexibility index (Phi) is 15.0. The molecule has 0 bridgehead atoms. The topological polar surface area (TPSA) is 38.3 Å². The minimum atomic E-state index is -0.112. The molecule has 0 aliphatic heterocycles. The highest BCUT2D eigenvalue weighted by Crippen LogP contribution is 2.10. The normalized spacial score (nSPS) is 10.6. The number of carbonyl (C=O) groups excluding carboxylic acids is 1. The first kappa shape index (κ1) is 18.4. The van der Waals surface area contributed by atoms with Gasteiger partial charge in [-0.05, 0) is 12.8 Å². The van der Waals surface area contributed by atoms with Gasteiger partial charge in [0.25, 0.3) is 0 Å². The van der Waals surface area contributed by atoms with Crippen molar-refractivity contribution in [3.05, 3.63) is 0 Å². The maximum Gasteiger partial charge on any atom is 0.324 e. The van der Waals surface area contributed by atoms with Crippen LogP contribution in [0.5, 0.6) is 0 Å². The lowest BCUT2D eigenvalue weighted by atomic mass is 10.1. The zero-order valence-corrected chi connectivity index (χ0v) is 13.0. The summed E-state index contributed by atoms with van der Waals surface area (Å²) >= 11 is 0. The summed E-state index contributed by atoms with van der Waals surface area (Å²) in [4.78, 5) is 16.3. The second-order valence-electron chi connectivity index (χ2n) is 5.30. The molecule has 0 radical (unpaired) electrons. The number of hydrogen-bond donors (Lipinski definition) is 1. The van der Waals surface area contributed by atoms with Crippen molar-refractivity contribution in [3.63, 3.8) is 0 Å². The second-order valence-corrected chi connectivity index (χ2v) is 5.30. The van der Waals surface area contributed by atoms with Crippen LogP contribution in [0.1, 0.15) is 90.9 Å². The van der Waals surface area contributed by atoms with Gasteiger partial charge in [0.15, 0.2) is 0 Å². The fourth-order valence-corrected chi connectivity index (χ4v) is 2.01. The Morgan fingerprint density at radius 1 is 0.789 bits per heavy atom. The predicted molar refractivity (Wildman–Crippen MR) is 80.8 cm³/mol. The van der Waals surface area contributed by atoms with Gasteiger partial charge in [-0.1, -0.05) is 71.6 Å². The van der Waals surface area contributed by atoms with Crippen LogP contribution in [0.25, 0.3) is 0 Å². The van der Waals surface area contributed by atoms with Crippen LogP contribution in [0, 0.1) is 0 Å². The minimum absolute atomic E-state index is 0.112. The fourth-order valence-electron chi connectivity index (χ4n) is 2.01. The third kappa shape index (κ3) is 15.4. The van der Waals surface area contributed by atoms with Crippen molar-refractivity contribution in [3.8, 4) is 0 Å². The Hall–Kier alpha value is -0.570. The summed E-state index contributed by atoms with van der Waals surface area (Å²) in [5.74, 6) is -0.112. The van der Waals surface area contributed by atoms with E-state index in [-0.39, 0.29) is 5.97 Å². The third-order valence-electron chi connectivity index (χ3n) is 3.30. The minimum Gasteiger partial charge on any atom is -0.371 e. The molecule has 3 nitrogen and oxygen atoms in total. The van der Waals surface area contributed by atoms with Gasteiger partial charge in [-0.15, -0.1) is 0 Å². The first-order chi connectivity index (χ1) is 9.31. The first-order valence-electron chi connectivity index (χ1n) is 8.23. The number of hydroxylamine groups is 1. The van der Waals surface area contributed by atoms with E-state index in [1.54, 1.807) is 0 Å². The lowest BCUT2D eigenvalue weighted by Gasteiger charge is -2.05. The van der Waals surface area contributed by atoms with Crippen LogP contribution in [0.2, 0.25) is 0 Å². The maximum absolute atomic E-state index is 11.3. The van der Waals surface area contributed by atoms with Gasteiger partial charge >= 0.3 is 5.97 Å². The van der Waals surface area contributed by atoms with Crippen LogP contribution in [0.3, 0.4) is 0 Å². The molecule has 0 aromatic rings. The molecule has 3 heteroatoms. The molecule has 0 saturated carbocycles. The summed E-state index contributed by atoms with van der Waals surface area (Å²) in [5.41, 5.74) is 2.72. The van der Waals surface area contributed by atoms with E-state index in [0.29, 0.717) is 6.42 Å². The summed E-state index contributed by atoms with van der Waals surface area (Å²) in [7, 11) is 0. The van der Waals surface area contributed by atoms with Crippen LogP contribution >= 0.6 is 0 Å². The van der Waals surface area contributed by atoms with Crippen molar-refractivity contribution in [2.24, 2.45) is 0 Å². The van der Waals surface area contributed by atoms with Gasteiger partial charge in [0, 0.05) is 13.0 Å². The Bertz CT molecular complexity index is 195. The highest BCUT2D eigenvalue weighted by atomic mass is 16.7. The molecular formula is C16H33NO2. The number of unbranched alkanes of at least 4 members (excludes halogenated alkanes) is 9. The molecular weight excluding hydrogens is 238 g/mol. The zero-order valence-electron chi connectivity index (χ0n) is 13.0. The van der Waals surface area contributed by atoms with E-state index in [0.717, 1.165) is 32.2 Å². The van der Waals surface area contributed by atoms with Crippen molar-refractivity contribution >= 4 is 5.97 Å². The molecule has 0 saturated heterocycles. The fraction of sp³-hybridized carbons (Fsp3) is 0.938. The molecule has 0 spiro atoms. The summed E-state index contributed by atoms with van der Waals surface area (Å²) < 4.78 is 0. The SMILES string of the molecule is CCCCCCCCCCCC(=O)ONCCCC. The number of rotatable bonds is 14. The molecule has 0 aliphatic rings. The summed E-state index contributed by atoms with van der Waals surface area (Å²) in [6.45, 7) is 5.13. The van der Waals surface area contributed by atoms with Crippen molar-refractivity contribution in [2.75, 3.05) is 6.54 Å². The van der Waals surface area contributed by atoms with Gasteiger partial charge < -0.3 is 4.84 Å². The zero-order chi connectivity index (χ0) is 14.2. The molecule has 0 aromatic carbocycles. The first-order valence-corrected chi connectivity index (χ1v) is 8.23. The molecule has 114 valence electrons. The average molecular weight is 271 g/mol. The van der Waals surface area contributed by atoms with E-state index in [9.17, 15) is 4.79 Å². The lowest BCUT2D eigenvalue weighted by molar-refractivity contribution is -0.151. The third-order valence-corrected chi connectivity index (χ3v) is 3.30.